The van der Waals surface area contributed by atoms with Crippen LogP contribution in [0.3, 0.4) is 0 Å². The van der Waals surface area contributed by atoms with Crippen LogP contribution >= 0.6 is 23.4 Å². The molecule has 0 aliphatic heterocycles. The van der Waals surface area contributed by atoms with E-state index in [2.05, 4.69) is 15.5 Å². The van der Waals surface area contributed by atoms with E-state index in [1.807, 2.05) is 12.1 Å². The van der Waals surface area contributed by atoms with Crippen LogP contribution in [0.5, 0.6) is 5.75 Å². The van der Waals surface area contributed by atoms with E-state index < -0.39 is 0 Å². The lowest BCUT2D eigenvalue weighted by atomic mass is 10.1. The van der Waals surface area contributed by atoms with Crippen molar-refractivity contribution in [1.29, 1.82) is 0 Å². The van der Waals surface area contributed by atoms with E-state index >= 15 is 0 Å². The lowest BCUT2D eigenvalue weighted by Gasteiger charge is -2.04. The van der Waals surface area contributed by atoms with E-state index in [0.29, 0.717) is 34.0 Å². The predicted octanol–water partition coefficient (Wildman–Crippen LogP) is 3.91. The molecule has 0 aliphatic rings. The standard InChI is InChI=1S/C20H18ClN3O4S/c1-13(25)22-10-14-2-4-15(5-3-14)18(26)12-29-20-24-23-19(28-20)11-27-17-8-6-16(21)7-9-17/h2-9H,10-12H2,1H3,(H,22,25). The molecule has 0 fully saturated rings. The van der Waals surface area contributed by atoms with Gasteiger partial charge in [-0.25, -0.2) is 0 Å². The summed E-state index contributed by atoms with van der Waals surface area (Å²) in [4.78, 5) is 23.3. The van der Waals surface area contributed by atoms with Gasteiger partial charge in [-0.15, -0.1) is 10.2 Å². The van der Waals surface area contributed by atoms with Crippen molar-refractivity contribution in [3.05, 3.63) is 70.6 Å². The van der Waals surface area contributed by atoms with Crippen LogP contribution in [0.1, 0.15) is 28.7 Å². The van der Waals surface area contributed by atoms with Crippen molar-refractivity contribution >= 4 is 35.1 Å². The first-order chi connectivity index (χ1) is 14.0. The molecule has 1 aromatic heterocycles. The molecule has 0 spiro atoms. The molecule has 3 aromatic rings. The van der Waals surface area contributed by atoms with Crippen molar-refractivity contribution in [2.45, 2.75) is 25.3 Å². The zero-order valence-electron chi connectivity index (χ0n) is 15.6. The highest BCUT2D eigenvalue weighted by Gasteiger charge is 2.12. The van der Waals surface area contributed by atoms with Gasteiger partial charge in [0.1, 0.15) is 5.75 Å². The lowest BCUT2D eigenvalue weighted by molar-refractivity contribution is -0.119. The SMILES string of the molecule is CC(=O)NCc1ccc(C(=O)CSc2nnc(COc3ccc(Cl)cc3)o2)cc1. The number of ether oxygens (including phenoxy) is 1. The molecule has 3 rings (SSSR count). The van der Waals surface area contributed by atoms with Gasteiger partial charge in [0.2, 0.25) is 5.91 Å². The number of nitrogens with one attached hydrogen (secondary N) is 1. The second-order valence-electron chi connectivity index (χ2n) is 6.02. The fourth-order valence-electron chi connectivity index (χ4n) is 2.28. The third kappa shape index (κ3) is 6.62. The van der Waals surface area contributed by atoms with Crippen LogP contribution in [0.15, 0.2) is 58.2 Å². The smallest absolute Gasteiger partial charge is 0.277 e. The summed E-state index contributed by atoms with van der Waals surface area (Å²) in [6.07, 6.45) is 0. The number of carbonyl (C=O) groups is 2. The Morgan fingerprint density at radius 3 is 2.52 bits per heavy atom. The normalized spacial score (nSPS) is 10.6. The summed E-state index contributed by atoms with van der Waals surface area (Å²) in [6, 6.07) is 14.0. The molecule has 0 radical (unpaired) electrons. The van der Waals surface area contributed by atoms with Gasteiger partial charge in [-0.1, -0.05) is 47.6 Å². The van der Waals surface area contributed by atoms with Gasteiger partial charge >= 0.3 is 0 Å². The Bertz CT molecular complexity index is 974. The Labute approximate surface area is 176 Å². The zero-order valence-corrected chi connectivity index (χ0v) is 17.1. The Morgan fingerprint density at radius 1 is 1.10 bits per heavy atom. The highest BCUT2D eigenvalue weighted by atomic mass is 35.5. The fraction of sp³-hybridized carbons (Fsp3) is 0.200. The molecule has 0 saturated carbocycles. The average Bonchev–Trinajstić information content (AvgIpc) is 3.18. The molecule has 0 unspecified atom stereocenters. The zero-order chi connectivity index (χ0) is 20.6. The van der Waals surface area contributed by atoms with Crippen molar-refractivity contribution in [2.24, 2.45) is 0 Å². The van der Waals surface area contributed by atoms with Crippen molar-refractivity contribution in [3.8, 4) is 5.75 Å². The number of Topliss-reactive ketones (excluding diaryl/α,β-unsaturated/α-hetero) is 1. The monoisotopic (exact) mass is 431 g/mol. The van der Waals surface area contributed by atoms with Crippen LogP contribution in [-0.4, -0.2) is 27.6 Å². The van der Waals surface area contributed by atoms with Crippen LogP contribution in [0.4, 0.5) is 0 Å². The third-order valence-corrected chi connectivity index (χ3v) is 4.84. The molecule has 7 nitrogen and oxygen atoms in total. The molecule has 0 saturated heterocycles. The second-order valence-corrected chi connectivity index (χ2v) is 7.39. The van der Waals surface area contributed by atoms with Crippen LogP contribution in [0.2, 0.25) is 5.02 Å². The molecule has 0 bridgehead atoms. The molecule has 2 aromatic carbocycles. The highest BCUT2D eigenvalue weighted by Crippen LogP contribution is 2.20. The number of aromatic nitrogens is 2. The van der Waals surface area contributed by atoms with E-state index in [0.717, 1.165) is 5.56 Å². The summed E-state index contributed by atoms with van der Waals surface area (Å²) in [5, 5.41) is 11.5. The van der Waals surface area contributed by atoms with E-state index in [4.69, 9.17) is 20.8 Å². The Morgan fingerprint density at radius 2 is 1.83 bits per heavy atom. The highest BCUT2D eigenvalue weighted by molar-refractivity contribution is 7.99. The van der Waals surface area contributed by atoms with Crippen molar-refractivity contribution < 1.29 is 18.7 Å². The maximum atomic E-state index is 12.3. The minimum absolute atomic E-state index is 0.0572. The van der Waals surface area contributed by atoms with Crippen LogP contribution in [0.25, 0.3) is 0 Å². The van der Waals surface area contributed by atoms with E-state index in [1.54, 1.807) is 36.4 Å². The number of nitrogens with zero attached hydrogens (tertiary/aromatic N) is 2. The quantitative estimate of drug-likeness (QED) is 0.405. The number of halogens is 1. The largest absolute Gasteiger partial charge is 0.484 e. The molecule has 29 heavy (non-hydrogen) atoms. The lowest BCUT2D eigenvalue weighted by Crippen LogP contribution is -2.18. The van der Waals surface area contributed by atoms with Gasteiger partial charge in [-0.05, 0) is 29.8 Å². The molecule has 0 atom stereocenters. The van der Waals surface area contributed by atoms with Gasteiger partial charge in [-0.3, -0.25) is 9.59 Å². The molecule has 9 heteroatoms. The summed E-state index contributed by atoms with van der Waals surface area (Å²) in [5.41, 5.74) is 1.50. The fourth-order valence-corrected chi connectivity index (χ4v) is 3.08. The molecule has 1 heterocycles. The van der Waals surface area contributed by atoms with E-state index in [-0.39, 0.29) is 24.1 Å². The number of hydrogen-bond acceptors (Lipinski definition) is 7. The van der Waals surface area contributed by atoms with Gasteiger partial charge in [-0.2, -0.15) is 0 Å². The predicted molar refractivity (Wildman–Crippen MR) is 109 cm³/mol. The minimum atomic E-state index is -0.0981. The molecular formula is C20H18ClN3O4S. The molecule has 150 valence electrons. The molecule has 1 N–H and O–H groups in total. The Kier molecular flexibility index (Phi) is 7.26. The molecular weight excluding hydrogens is 414 g/mol. The third-order valence-electron chi connectivity index (χ3n) is 3.77. The Balaban J connectivity index is 1.46. The first-order valence-electron chi connectivity index (χ1n) is 8.70. The van der Waals surface area contributed by atoms with Crippen LogP contribution < -0.4 is 10.1 Å². The summed E-state index contributed by atoms with van der Waals surface area (Å²) in [6.45, 7) is 2.02. The first kappa shape index (κ1) is 20.9. The van der Waals surface area contributed by atoms with Crippen LogP contribution in [0, 0.1) is 0 Å². The summed E-state index contributed by atoms with van der Waals surface area (Å²) >= 11 is 6.99. The minimum Gasteiger partial charge on any atom is -0.484 e. The average molecular weight is 432 g/mol. The number of amides is 1. The first-order valence-corrected chi connectivity index (χ1v) is 10.1. The van der Waals surface area contributed by atoms with Gasteiger partial charge < -0.3 is 14.5 Å². The van der Waals surface area contributed by atoms with Crippen LogP contribution in [-0.2, 0) is 17.9 Å². The van der Waals surface area contributed by atoms with Gasteiger partial charge in [0.15, 0.2) is 12.4 Å². The maximum absolute atomic E-state index is 12.3. The molecule has 0 aliphatic carbocycles. The number of rotatable bonds is 9. The number of ketones is 1. The van der Waals surface area contributed by atoms with Gasteiger partial charge in [0, 0.05) is 24.1 Å². The molecule has 1 amide bonds. The van der Waals surface area contributed by atoms with Gasteiger partial charge in [0.25, 0.3) is 11.1 Å². The second kappa shape index (κ2) is 10.1. The van der Waals surface area contributed by atoms with E-state index in [9.17, 15) is 9.59 Å². The number of hydrogen-bond donors (Lipinski definition) is 1. The van der Waals surface area contributed by atoms with Crippen molar-refractivity contribution in [3.63, 3.8) is 0 Å². The Hall–Kier alpha value is -2.84. The van der Waals surface area contributed by atoms with E-state index in [1.165, 1.54) is 18.7 Å². The summed E-state index contributed by atoms with van der Waals surface area (Å²) in [5.74, 6) is 0.971. The number of carbonyl (C=O) groups excluding carboxylic acids is 2. The number of benzene rings is 2. The van der Waals surface area contributed by atoms with Crippen molar-refractivity contribution in [1.82, 2.24) is 15.5 Å². The summed E-state index contributed by atoms with van der Waals surface area (Å²) < 4.78 is 11.0. The van der Waals surface area contributed by atoms with Crippen molar-refractivity contribution in [2.75, 3.05) is 5.75 Å². The maximum Gasteiger partial charge on any atom is 0.277 e. The summed E-state index contributed by atoms with van der Waals surface area (Å²) in [7, 11) is 0. The number of thioether (sulfide) groups is 1. The van der Waals surface area contributed by atoms with Gasteiger partial charge in [0.05, 0.1) is 5.75 Å². The topological polar surface area (TPSA) is 94.3 Å².